The third-order valence-corrected chi connectivity index (χ3v) is 2.19. The van der Waals surface area contributed by atoms with E-state index in [1.54, 1.807) is 0 Å². The second kappa shape index (κ2) is 1.80. The standard InChI is InChI=1S/C3H6NO4P/c5-3-1-2-4(3)9(6,7)8/h1-2H2,(H2,6,7,8). The summed E-state index contributed by atoms with van der Waals surface area (Å²) in [7, 11) is -4.24. The Morgan fingerprint density at radius 1 is 1.56 bits per heavy atom. The van der Waals surface area contributed by atoms with Crippen molar-refractivity contribution < 1.29 is 19.1 Å². The number of carbonyl (C=O) groups is 1. The molecule has 0 spiro atoms. The van der Waals surface area contributed by atoms with Crippen molar-refractivity contribution >= 4 is 13.7 Å². The number of nitrogens with zero attached hydrogens (tertiary/aromatic N) is 1. The highest BCUT2D eigenvalue weighted by Crippen LogP contribution is 2.43. The van der Waals surface area contributed by atoms with Gasteiger partial charge in [-0.1, -0.05) is 0 Å². The molecule has 0 aromatic carbocycles. The Bertz CT molecular complexity index is 184. The molecule has 1 aliphatic rings. The SMILES string of the molecule is O=C1CCN1P(=O)(O)O. The van der Waals surface area contributed by atoms with Gasteiger partial charge in [0.1, 0.15) is 0 Å². The predicted octanol–water partition coefficient (Wildman–Crippen LogP) is -0.689. The van der Waals surface area contributed by atoms with Crippen molar-refractivity contribution in [3.63, 3.8) is 0 Å². The highest BCUT2D eigenvalue weighted by molar-refractivity contribution is 7.50. The van der Waals surface area contributed by atoms with Gasteiger partial charge < -0.3 is 9.79 Å². The number of rotatable bonds is 1. The summed E-state index contributed by atoms with van der Waals surface area (Å²) in [4.78, 5) is 27.0. The monoisotopic (exact) mass is 151 g/mol. The molecule has 0 aromatic rings. The minimum Gasteiger partial charge on any atom is -0.308 e. The molecule has 6 heteroatoms. The Hall–Kier alpha value is -0.380. The molecule has 1 saturated heterocycles. The number of hydrogen-bond acceptors (Lipinski definition) is 2. The highest BCUT2D eigenvalue weighted by atomic mass is 31.2. The second-order valence-electron chi connectivity index (χ2n) is 1.78. The molecule has 1 rings (SSSR count). The van der Waals surface area contributed by atoms with Gasteiger partial charge >= 0.3 is 7.75 Å². The lowest BCUT2D eigenvalue weighted by molar-refractivity contribution is -0.134. The number of hydrogen-bond donors (Lipinski definition) is 2. The van der Waals surface area contributed by atoms with Crippen LogP contribution in [0.2, 0.25) is 0 Å². The van der Waals surface area contributed by atoms with Crippen LogP contribution in [0.5, 0.6) is 0 Å². The fourth-order valence-electron chi connectivity index (χ4n) is 0.579. The summed E-state index contributed by atoms with van der Waals surface area (Å²) in [5.41, 5.74) is 0. The van der Waals surface area contributed by atoms with Gasteiger partial charge in [-0.05, 0) is 0 Å². The van der Waals surface area contributed by atoms with Crippen LogP contribution in [-0.4, -0.2) is 26.9 Å². The Labute approximate surface area is 51.5 Å². The van der Waals surface area contributed by atoms with Crippen molar-refractivity contribution in [1.29, 1.82) is 0 Å². The van der Waals surface area contributed by atoms with E-state index in [9.17, 15) is 9.36 Å². The van der Waals surface area contributed by atoms with Gasteiger partial charge in [0.2, 0.25) is 5.91 Å². The maximum atomic E-state index is 10.3. The largest absolute Gasteiger partial charge is 0.432 e. The summed E-state index contributed by atoms with van der Waals surface area (Å²) >= 11 is 0. The molecule has 9 heavy (non-hydrogen) atoms. The van der Waals surface area contributed by atoms with Gasteiger partial charge in [0.05, 0.1) is 0 Å². The third kappa shape index (κ3) is 1.13. The molecule has 0 radical (unpaired) electrons. The average molecular weight is 151 g/mol. The molecule has 5 nitrogen and oxygen atoms in total. The van der Waals surface area contributed by atoms with Gasteiger partial charge in [-0.2, -0.15) is 0 Å². The molecule has 1 aliphatic heterocycles. The van der Waals surface area contributed by atoms with E-state index in [0.29, 0.717) is 4.67 Å². The van der Waals surface area contributed by atoms with E-state index >= 15 is 0 Å². The lowest BCUT2D eigenvalue weighted by Crippen LogP contribution is -2.40. The van der Waals surface area contributed by atoms with E-state index in [1.807, 2.05) is 0 Å². The average Bonchev–Trinajstić information content (AvgIpc) is 1.57. The van der Waals surface area contributed by atoms with Crippen molar-refractivity contribution in [3.05, 3.63) is 0 Å². The van der Waals surface area contributed by atoms with Crippen molar-refractivity contribution in [2.75, 3.05) is 6.54 Å². The summed E-state index contributed by atoms with van der Waals surface area (Å²) in [6.45, 7) is 0.184. The molecular formula is C3H6NO4P. The topological polar surface area (TPSA) is 77.8 Å². The van der Waals surface area contributed by atoms with E-state index in [-0.39, 0.29) is 13.0 Å². The molecule has 0 bridgehead atoms. The van der Waals surface area contributed by atoms with Crippen LogP contribution in [0.1, 0.15) is 6.42 Å². The molecule has 0 aromatic heterocycles. The molecule has 52 valence electrons. The van der Waals surface area contributed by atoms with Gasteiger partial charge in [0.15, 0.2) is 0 Å². The Morgan fingerprint density at radius 3 is 2.11 bits per heavy atom. The van der Waals surface area contributed by atoms with E-state index in [4.69, 9.17) is 9.79 Å². The van der Waals surface area contributed by atoms with E-state index in [2.05, 4.69) is 0 Å². The van der Waals surface area contributed by atoms with Crippen molar-refractivity contribution in [1.82, 2.24) is 4.67 Å². The summed E-state index contributed by atoms with van der Waals surface area (Å²) in [6.07, 6.45) is 0.255. The quantitative estimate of drug-likeness (QED) is 0.384. The van der Waals surface area contributed by atoms with Crippen LogP contribution in [0.25, 0.3) is 0 Å². The Balaban J connectivity index is 2.65. The molecular weight excluding hydrogens is 145 g/mol. The van der Waals surface area contributed by atoms with E-state index < -0.39 is 13.7 Å². The van der Waals surface area contributed by atoms with Gasteiger partial charge in [-0.3, -0.25) is 4.79 Å². The molecule has 1 heterocycles. The Morgan fingerprint density at radius 2 is 2.11 bits per heavy atom. The van der Waals surface area contributed by atoms with Gasteiger partial charge in [0, 0.05) is 13.0 Å². The van der Waals surface area contributed by atoms with E-state index in [1.165, 1.54) is 0 Å². The van der Waals surface area contributed by atoms with Gasteiger partial charge in [0.25, 0.3) is 0 Å². The first-order chi connectivity index (χ1) is 4.02. The Kier molecular flexibility index (Phi) is 1.35. The third-order valence-electron chi connectivity index (χ3n) is 1.14. The number of β-lactam (4-membered cyclic amide) rings is 1. The molecule has 0 aliphatic carbocycles. The summed E-state index contributed by atoms with van der Waals surface area (Å²) < 4.78 is 10.8. The first-order valence-electron chi connectivity index (χ1n) is 2.38. The fourth-order valence-corrected chi connectivity index (χ4v) is 1.33. The van der Waals surface area contributed by atoms with Crippen LogP contribution >= 0.6 is 7.75 Å². The van der Waals surface area contributed by atoms with Crippen LogP contribution in [0.4, 0.5) is 0 Å². The predicted molar refractivity (Wildman–Crippen MR) is 28.4 cm³/mol. The summed E-state index contributed by atoms with van der Waals surface area (Å²) in [5.74, 6) is -0.469. The zero-order valence-electron chi connectivity index (χ0n) is 4.52. The zero-order chi connectivity index (χ0) is 7.07. The zero-order valence-corrected chi connectivity index (χ0v) is 5.41. The normalized spacial score (nSPS) is 19.8. The van der Waals surface area contributed by atoms with Gasteiger partial charge in [-0.15, -0.1) is 0 Å². The van der Waals surface area contributed by atoms with Crippen LogP contribution in [0.15, 0.2) is 0 Å². The van der Waals surface area contributed by atoms with Crippen LogP contribution < -0.4 is 0 Å². The van der Waals surface area contributed by atoms with Crippen LogP contribution in [0, 0.1) is 0 Å². The van der Waals surface area contributed by atoms with Crippen molar-refractivity contribution in [3.8, 4) is 0 Å². The van der Waals surface area contributed by atoms with Crippen molar-refractivity contribution in [2.45, 2.75) is 6.42 Å². The number of amides is 1. The molecule has 0 saturated carbocycles. The second-order valence-corrected chi connectivity index (χ2v) is 3.29. The minimum absolute atomic E-state index is 0.184. The first kappa shape index (κ1) is 6.74. The fraction of sp³-hybridized carbons (Fsp3) is 0.667. The van der Waals surface area contributed by atoms with Crippen LogP contribution in [-0.2, 0) is 9.36 Å². The maximum absolute atomic E-state index is 10.3. The number of carbonyl (C=O) groups excluding carboxylic acids is 1. The summed E-state index contributed by atoms with van der Waals surface area (Å²) in [6, 6.07) is 0. The lowest BCUT2D eigenvalue weighted by Gasteiger charge is -2.30. The van der Waals surface area contributed by atoms with E-state index in [0.717, 1.165) is 0 Å². The molecule has 1 amide bonds. The summed E-state index contributed by atoms with van der Waals surface area (Å²) in [5, 5.41) is 0. The van der Waals surface area contributed by atoms with Gasteiger partial charge in [-0.25, -0.2) is 9.24 Å². The molecule has 2 N–H and O–H groups in total. The van der Waals surface area contributed by atoms with Crippen LogP contribution in [0.3, 0.4) is 0 Å². The lowest BCUT2D eigenvalue weighted by atomic mass is 10.3. The smallest absolute Gasteiger partial charge is 0.308 e. The molecule has 0 atom stereocenters. The van der Waals surface area contributed by atoms with Crippen molar-refractivity contribution in [2.24, 2.45) is 0 Å². The highest BCUT2D eigenvalue weighted by Gasteiger charge is 2.37. The first-order valence-corrected chi connectivity index (χ1v) is 3.95. The molecule has 0 unspecified atom stereocenters. The molecule has 1 fully saturated rings. The maximum Gasteiger partial charge on any atom is 0.432 e. The minimum atomic E-state index is -4.24.